The van der Waals surface area contributed by atoms with Crippen LogP contribution >= 0.6 is 11.6 Å². The number of aromatic nitrogens is 3. The first-order valence-electron chi connectivity index (χ1n) is 8.94. The minimum absolute atomic E-state index is 0.152. The van der Waals surface area contributed by atoms with Crippen molar-refractivity contribution in [2.24, 2.45) is 0 Å². The molecule has 28 heavy (non-hydrogen) atoms. The summed E-state index contributed by atoms with van der Waals surface area (Å²) in [6.45, 7) is 3.14. The molecule has 4 rings (SSSR count). The van der Waals surface area contributed by atoms with E-state index in [0.29, 0.717) is 47.4 Å². The van der Waals surface area contributed by atoms with Crippen LogP contribution in [0.5, 0.6) is 0 Å². The predicted molar refractivity (Wildman–Crippen MR) is 103 cm³/mol. The van der Waals surface area contributed by atoms with Gasteiger partial charge in [0, 0.05) is 36.9 Å². The van der Waals surface area contributed by atoms with E-state index in [2.05, 4.69) is 4.98 Å². The number of ketones is 2. The second-order valence-corrected chi connectivity index (χ2v) is 6.99. The number of fused-ring (bicyclic) bond motifs is 2. The highest BCUT2D eigenvalue weighted by molar-refractivity contribution is 6.30. The molecule has 0 unspecified atom stereocenters. The summed E-state index contributed by atoms with van der Waals surface area (Å²) in [6, 6.07) is 10.6. The smallest absolute Gasteiger partial charge is 0.254 e. The Balaban J connectivity index is 1.93. The largest absolute Gasteiger partial charge is 0.381 e. The van der Waals surface area contributed by atoms with Gasteiger partial charge in [0.25, 0.3) is 5.82 Å². The van der Waals surface area contributed by atoms with Gasteiger partial charge in [-0.3, -0.25) is 9.59 Å². The van der Waals surface area contributed by atoms with Crippen LogP contribution < -0.4 is 4.57 Å². The van der Waals surface area contributed by atoms with E-state index in [4.69, 9.17) is 16.3 Å². The molecular weight excluding hydrogens is 378 g/mol. The van der Waals surface area contributed by atoms with E-state index < -0.39 is 0 Å². The average molecular weight is 397 g/mol. The van der Waals surface area contributed by atoms with E-state index in [9.17, 15) is 9.59 Å². The topological polar surface area (TPSA) is 65.1 Å². The minimum Gasteiger partial charge on any atom is -0.381 e. The van der Waals surface area contributed by atoms with Crippen LogP contribution in [0.2, 0.25) is 5.15 Å². The number of nitrogens with zero attached hydrogens (tertiary/aromatic N) is 3. The molecule has 0 saturated heterocycles. The molecule has 0 saturated carbocycles. The Morgan fingerprint density at radius 3 is 2.50 bits per heavy atom. The van der Waals surface area contributed by atoms with Crippen LogP contribution in [0.25, 0.3) is 0 Å². The fourth-order valence-electron chi connectivity index (χ4n) is 3.68. The number of methoxy groups -OCH3 is 1. The van der Waals surface area contributed by atoms with Crippen molar-refractivity contribution in [3.05, 3.63) is 81.7 Å². The van der Waals surface area contributed by atoms with Gasteiger partial charge in [-0.25, -0.2) is 14.1 Å². The molecule has 6 nitrogen and oxygen atoms in total. The lowest BCUT2D eigenvalue weighted by molar-refractivity contribution is -0.695. The Bertz CT molecular complexity index is 1100. The molecule has 0 N–H and O–H groups in total. The molecule has 0 radical (unpaired) electrons. The normalized spacial score (nSPS) is 12.8. The summed E-state index contributed by atoms with van der Waals surface area (Å²) in [7, 11) is 1.61. The Kier molecular flexibility index (Phi) is 4.83. The second kappa shape index (κ2) is 7.30. The standard InChI is InChI=1S/C21H19ClN3O3/c1-13-24(10-11-28-2)17-18(25(13)12-14-6-5-9-23-21(14)22)20(27)16-8-4-3-7-15(16)19(17)26/h3-9H,10-12H2,1-2H3/q+1. The molecule has 2 heterocycles. The molecule has 0 fully saturated rings. The van der Waals surface area contributed by atoms with Crippen LogP contribution in [0, 0.1) is 6.92 Å². The maximum atomic E-state index is 13.3. The zero-order valence-corrected chi connectivity index (χ0v) is 16.4. The van der Waals surface area contributed by atoms with Crippen LogP contribution in [0.15, 0.2) is 42.6 Å². The first-order valence-corrected chi connectivity index (χ1v) is 9.32. The highest BCUT2D eigenvalue weighted by Gasteiger charge is 2.42. The predicted octanol–water partition coefficient (Wildman–Crippen LogP) is 2.60. The van der Waals surface area contributed by atoms with Crippen molar-refractivity contribution in [2.75, 3.05) is 13.7 Å². The Morgan fingerprint density at radius 1 is 1.11 bits per heavy atom. The van der Waals surface area contributed by atoms with Crippen molar-refractivity contribution in [3.8, 4) is 0 Å². The van der Waals surface area contributed by atoms with E-state index >= 15 is 0 Å². The van der Waals surface area contributed by atoms with Crippen molar-refractivity contribution in [3.63, 3.8) is 0 Å². The van der Waals surface area contributed by atoms with Gasteiger partial charge in [0.2, 0.25) is 23.0 Å². The lowest BCUT2D eigenvalue weighted by Crippen LogP contribution is -2.43. The summed E-state index contributed by atoms with van der Waals surface area (Å²) in [6.07, 6.45) is 1.62. The van der Waals surface area contributed by atoms with Crippen molar-refractivity contribution in [1.29, 1.82) is 0 Å². The molecule has 0 amide bonds. The number of hydrogen-bond acceptors (Lipinski definition) is 4. The molecule has 0 bridgehead atoms. The number of carbonyl (C=O) groups is 2. The summed E-state index contributed by atoms with van der Waals surface area (Å²) >= 11 is 6.24. The lowest BCUT2D eigenvalue weighted by atomic mass is 9.90. The number of halogens is 1. The van der Waals surface area contributed by atoms with Crippen molar-refractivity contribution in [2.45, 2.75) is 20.0 Å². The van der Waals surface area contributed by atoms with Gasteiger partial charge in [-0.05, 0) is 6.07 Å². The second-order valence-electron chi connectivity index (χ2n) is 6.63. The molecule has 142 valence electrons. The number of ether oxygens (including phenoxy) is 1. The Labute approximate surface area is 167 Å². The molecule has 0 aliphatic heterocycles. The third-order valence-electron chi connectivity index (χ3n) is 5.08. The SMILES string of the molecule is COCCn1c2c([n+](Cc3cccnc3Cl)c1C)C(=O)c1ccccc1C2=O. The fraction of sp³-hybridized carbons (Fsp3) is 0.238. The molecule has 1 aromatic carbocycles. The monoisotopic (exact) mass is 396 g/mol. The number of benzene rings is 1. The highest BCUT2D eigenvalue weighted by atomic mass is 35.5. The Hall–Kier alpha value is -2.83. The van der Waals surface area contributed by atoms with Gasteiger partial charge in [0.1, 0.15) is 18.2 Å². The van der Waals surface area contributed by atoms with Gasteiger partial charge in [-0.2, -0.15) is 0 Å². The zero-order valence-electron chi connectivity index (χ0n) is 15.6. The van der Waals surface area contributed by atoms with Gasteiger partial charge >= 0.3 is 0 Å². The van der Waals surface area contributed by atoms with Crippen molar-refractivity contribution < 1.29 is 18.9 Å². The van der Waals surface area contributed by atoms with E-state index in [1.54, 1.807) is 43.6 Å². The summed E-state index contributed by atoms with van der Waals surface area (Å²) in [4.78, 5) is 30.7. The van der Waals surface area contributed by atoms with E-state index in [1.807, 2.05) is 22.1 Å². The molecule has 0 spiro atoms. The van der Waals surface area contributed by atoms with Gasteiger partial charge < -0.3 is 4.74 Å². The third kappa shape index (κ3) is 2.85. The zero-order chi connectivity index (χ0) is 19.8. The molecule has 3 aromatic rings. The van der Waals surface area contributed by atoms with E-state index in [0.717, 1.165) is 11.4 Å². The maximum Gasteiger partial charge on any atom is 0.254 e. The van der Waals surface area contributed by atoms with Crippen LogP contribution in [0.3, 0.4) is 0 Å². The molecule has 7 heteroatoms. The Morgan fingerprint density at radius 2 is 1.82 bits per heavy atom. The van der Waals surface area contributed by atoms with Gasteiger partial charge in [0.05, 0.1) is 6.61 Å². The van der Waals surface area contributed by atoms with Gasteiger partial charge in [0.15, 0.2) is 0 Å². The number of rotatable bonds is 5. The first kappa shape index (κ1) is 18.5. The van der Waals surface area contributed by atoms with E-state index in [1.165, 1.54) is 0 Å². The van der Waals surface area contributed by atoms with Crippen LogP contribution in [-0.2, 0) is 17.8 Å². The van der Waals surface area contributed by atoms with Crippen LogP contribution in [-0.4, -0.2) is 34.8 Å². The maximum absolute atomic E-state index is 13.3. The van der Waals surface area contributed by atoms with Crippen LogP contribution in [0.1, 0.15) is 43.5 Å². The number of carbonyl (C=O) groups excluding carboxylic acids is 2. The molecule has 2 aromatic heterocycles. The van der Waals surface area contributed by atoms with Crippen molar-refractivity contribution in [1.82, 2.24) is 9.55 Å². The molecule has 0 atom stereocenters. The molecular formula is C21H19ClN3O3+. The summed E-state index contributed by atoms with van der Waals surface area (Å²) in [5.41, 5.74) is 2.43. The minimum atomic E-state index is -0.163. The van der Waals surface area contributed by atoms with Gasteiger partial charge in [-0.1, -0.05) is 41.9 Å². The third-order valence-corrected chi connectivity index (χ3v) is 5.42. The molecule has 1 aliphatic carbocycles. The first-order chi connectivity index (χ1) is 13.5. The van der Waals surface area contributed by atoms with Crippen molar-refractivity contribution >= 4 is 23.2 Å². The highest BCUT2D eigenvalue weighted by Crippen LogP contribution is 2.27. The van der Waals surface area contributed by atoms with Gasteiger partial charge in [-0.15, -0.1) is 0 Å². The summed E-state index contributed by atoms with van der Waals surface area (Å²) in [5, 5.41) is 0.378. The quantitative estimate of drug-likeness (QED) is 0.384. The average Bonchev–Trinajstić information content (AvgIpc) is 2.98. The summed E-state index contributed by atoms with van der Waals surface area (Å²) < 4.78 is 8.92. The number of hydrogen-bond donors (Lipinski definition) is 0. The number of imidazole rings is 1. The van der Waals surface area contributed by atoms with E-state index in [-0.39, 0.29) is 11.6 Å². The number of pyridine rings is 1. The van der Waals surface area contributed by atoms with Crippen LogP contribution in [0.4, 0.5) is 0 Å². The fourth-order valence-corrected chi connectivity index (χ4v) is 3.86. The molecule has 1 aliphatic rings. The summed E-state index contributed by atoms with van der Waals surface area (Å²) in [5.74, 6) is 0.474. The lowest BCUT2D eigenvalue weighted by Gasteiger charge is -2.13.